The Morgan fingerprint density at radius 3 is 2.35 bits per heavy atom. The van der Waals surface area contributed by atoms with E-state index in [1.54, 1.807) is 30.3 Å². The normalized spacial score (nSPS) is 11.1. The zero-order valence-corrected chi connectivity index (χ0v) is 12.7. The highest BCUT2D eigenvalue weighted by Crippen LogP contribution is 2.22. The highest BCUT2D eigenvalue weighted by atomic mass is 32.2. The average Bonchev–Trinajstić information content (AvgIpc) is 3.10. The summed E-state index contributed by atoms with van der Waals surface area (Å²) < 4.78 is 32.1. The third kappa shape index (κ3) is 3.14. The van der Waals surface area contributed by atoms with Gasteiger partial charge < -0.3 is 4.52 Å². The largest absolute Gasteiger partial charge is 0.353 e. The minimum Gasteiger partial charge on any atom is -0.353 e. The highest BCUT2D eigenvalue weighted by Gasteiger charge is 2.20. The van der Waals surface area contributed by atoms with Crippen molar-refractivity contribution >= 4 is 21.5 Å². The molecule has 0 aliphatic rings. The van der Waals surface area contributed by atoms with Gasteiger partial charge in [0.2, 0.25) is 11.5 Å². The molecule has 0 aliphatic heterocycles. The third-order valence-electron chi connectivity index (χ3n) is 3.13. The number of carbonyl (C=O) groups is 1. The second-order valence-corrected chi connectivity index (χ2v) is 6.35. The van der Waals surface area contributed by atoms with Gasteiger partial charge in [-0.1, -0.05) is 35.5 Å². The van der Waals surface area contributed by atoms with Crippen molar-refractivity contribution in [3.8, 4) is 0 Å². The van der Waals surface area contributed by atoms with E-state index in [9.17, 15) is 13.2 Å². The number of sulfonamides is 1. The maximum atomic E-state index is 12.4. The summed E-state index contributed by atoms with van der Waals surface area (Å²) in [5.41, 5.74) is 0.363. The van der Waals surface area contributed by atoms with Crippen molar-refractivity contribution in [1.29, 1.82) is 0 Å². The van der Waals surface area contributed by atoms with Gasteiger partial charge in [0.05, 0.1) is 22.3 Å². The number of rotatable bonds is 5. The van der Waals surface area contributed by atoms with Crippen LogP contribution in [0.25, 0.3) is 0 Å². The fraction of sp³-hybridized carbons (Fsp3) is 0. The summed E-state index contributed by atoms with van der Waals surface area (Å²) in [7, 11) is -3.79. The Morgan fingerprint density at radius 1 is 0.957 bits per heavy atom. The van der Waals surface area contributed by atoms with Crippen molar-refractivity contribution in [1.82, 2.24) is 5.16 Å². The zero-order valence-electron chi connectivity index (χ0n) is 11.8. The summed E-state index contributed by atoms with van der Waals surface area (Å²) in [6.07, 6.45) is 1.35. The number of aromatic nitrogens is 1. The molecule has 3 rings (SSSR count). The van der Waals surface area contributed by atoms with Gasteiger partial charge in [-0.05, 0) is 24.3 Å². The number of hydrogen-bond acceptors (Lipinski definition) is 5. The fourth-order valence-electron chi connectivity index (χ4n) is 2.04. The first-order valence-electron chi connectivity index (χ1n) is 6.70. The second-order valence-electron chi connectivity index (χ2n) is 4.67. The van der Waals surface area contributed by atoms with E-state index < -0.39 is 15.8 Å². The molecule has 0 saturated heterocycles. The van der Waals surface area contributed by atoms with Crippen LogP contribution in [0.5, 0.6) is 0 Å². The Morgan fingerprint density at radius 2 is 1.65 bits per heavy atom. The van der Waals surface area contributed by atoms with Gasteiger partial charge in [0.15, 0.2) is 0 Å². The van der Waals surface area contributed by atoms with Gasteiger partial charge in [-0.3, -0.25) is 9.52 Å². The van der Waals surface area contributed by atoms with Crippen molar-refractivity contribution in [3.63, 3.8) is 0 Å². The van der Waals surface area contributed by atoms with E-state index in [1.165, 1.54) is 36.5 Å². The molecular weight excluding hydrogens is 316 g/mol. The standard InChI is InChI=1S/C16H12N2O4S/c19-16(15-10-11-17-22-15)13-8-4-5-9-14(13)18-23(20,21)12-6-2-1-3-7-12/h1-11,18H. The lowest BCUT2D eigenvalue weighted by Crippen LogP contribution is -2.15. The van der Waals surface area contributed by atoms with E-state index in [1.807, 2.05) is 0 Å². The van der Waals surface area contributed by atoms with Gasteiger partial charge in [-0.2, -0.15) is 0 Å². The van der Waals surface area contributed by atoms with E-state index in [2.05, 4.69) is 9.88 Å². The van der Waals surface area contributed by atoms with Crippen LogP contribution in [0.2, 0.25) is 0 Å². The van der Waals surface area contributed by atoms with Crippen molar-refractivity contribution in [3.05, 3.63) is 78.2 Å². The van der Waals surface area contributed by atoms with E-state index in [0.717, 1.165) is 0 Å². The molecule has 0 aliphatic carbocycles. The Labute approximate surface area is 132 Å². The Bertz CT molecular complexity index is 920. The van der Waals surface area contributed by atoms with Crippen LogP contribution in [0.15, 0.2) is 76.3 Å². The lowest BCUT2D eigenvalue weighted by Gasteiger charge is -2.11. The lowest BCUT2D eigenvalue weighted by atomic mass is 10.1. The van der Waals surface area contributed by atoms with Crippen molar-refractivity contribution in [2.75, 3.05) is 4.72 Å². The summed E-state index contributed by atoms with van der Waals surface area (Å²) in [6, 6.07) is 15.7. The molecule has 0 saturated carbocycles. The summed E-state index contributed by atoms with van der Waals surface area (Å²) in [4.78, 5) is 12.5. The first-order chi connectivity index (χ1) is 11.1. The molecule has 1 aromatic heterocycles. The molecule has 0 amide bonds. The van der Waals surface area contributed by atoms with Gasteiger partial charge >= 0.3 is 0 Å². The SMILES string of the molecule is O=C(c1ccno1)c1ccccc1NS(=O)(=O)c1ccccc1. The van der Waals surface area contributed by atoms with Crippen LogP contribution in [-0.2, 0) is 10.0 Å². The molecule has 0 fully saturated rings. The van der Waals surface area contributed by atoms with Gasteiger partial charge in [0, 0.05) is 6.07 Å². The molecule has 3 aromatic rings. The lowest BCUT2D eigenvalue weighted by molar-refractivity contribution is 0.100. The molecule has 0 unspecified atom stereocenters. The topological polar surface area (TPSA) is 89.3 Å². The number of hydrogen-bond donors (Lipinski definition) is 1. The van der Waals surface area contributed by atoms with Crippen molar-refractivity contribution in [2.24, 2.45) is 0 Å². The first-order valence-corrected chi connectivity index (χ1v) is 8.18. The van der Waals surface area contributed by atoms with Crippen LogP contribution >= 0.6 is 0 Å². The average molecular weight is 328 g/mol. The van der Waals surface area contributed by atoms with E-state index in [-0.39, 0.29) is 21.9 Å². The second kappa shape index (κ2) is 6.05. The minimum atomic E-state index is -3.79. The Balaban J connectivity index is 1.97. The van der Waals surface area contributed by atoms with Gasteiger partial charge in [0.25, 0.3) is 10.0 Å². The monoisotopic (exact) mass is 328 g/mol. The van der Waals surface area contributed by atoms with Gasteiger partial charge in [-0.25, -0.2) is 8.42 Å². The molecule has 2 aromatic carbocycles. The number of carbonyl (C=O) groups excluding carboxylic acids is 1. The summed E-state index contributed by atoms with van der Waals surface area (Å²) in [6.45, 7) is 0. The van der Waals surface area contributed by atoms with E-state index in [0.29, 0.717) is 0 Å². The zero-order chi connectivity index (χ0) is 16.3. The molecule has 116 valence electrons. The predicted molar refractivity (Wildman–Crippen MR) is 83.6 cm³/mol. The fourth-order valence-corrected chi connectivity index (χ4v) is 3.14. The molecule has 1 heterocycles. The molecular formula is C16H12N2O4S. The third-order valence-corrected chi connectivity index (χ3v) is 4.51. The summed E-state index contributed by atoms with van der Waals surface area (Å²) in [5, 5.41) is 3.49. The maximum Gasteiger partial charge on any atom is 0.261 e. The van der Waals surface area contributed by atoms with E-state index >= 15 is 0 Å². The summed E-state index contributed by atoms with van der Waals surface area (Å²) >= 11 is 0. The van der Waals surface area contributed by atoms with Crippen LogP contribution in [-0.4, -0.2) is 19.4 Å². The molecule has 7 heteroatoms. The molecule has 0 bridgehead atoms. The molecule has 0 atom stereocenters. The first kappa shape index (κ1) is 15.0. The quantitative estimate of drug-likeness (QED) is 0.727. The van der Waals surface area contributed by atoms with Crippen LogP contribution in [0, 0.1) is 0 Å². The molecule has 23 heavy (non-hydrogen) atoms. The Hall–Kier alpha value is -2.93. The van der Waals surface area contributed by atoms with Crippen LogP contribution in [0.3, 0.4) is 0 Å². The highest BCUT2D eigenvalue weighted by molar-refractivity contribution is 7.92. The van der Waals surface area contributed by atoms with Crippen LogP contribution < -0.4 is 4.72 Å². The Kier molecular flexibility index (Phi) is 3.94. The smallest absolute Gasteiger partial charge is 0.261 e. The predicted octanol–water partition coefficient (Wildman–Crippen LogP) is 2.71. The minimum absolute atomic E-state index is 0.0383. The van der Waals surface area contributed by atoms with Crippen LogP contribution in [0.4, 0.5) is 5.69 Å². The molecule has 6 nitrogen and oxygen atoms in total. The van der Waals surface area contributed by atoms with E-state index in [4.69, 9.17) is 4.52 Å². The van der Waals surface area contributed by atoms with Crippen LogP contribution in [0.1, 0.15) is 16.1 Å². The number of benzene rings is 2. The number of ketones is 1. The molecule has 1 N–H and O–H groups in total. The number of para-hydroxylation sites is 1. The molecule has 0 spiro atoms. The van der Waals surface area contributed by atoms with Gasteiger partial charge in [-0.15, -0.1) is 0 Å². The molecule has 0 radical (unpaired) electrons. The van der Waals surface area contributed by atoms with Gasteiger partial charge in [0.1, 0.15) is 0 Å². The van der Waals surface area contributed by atoms with Crippen molar-refractivity contribution in [2.45, 2.75) is 4.90 Å². The summed E-state index contributed by atoms with van der Waals surface area (Å²) in [5.74, 6) is -0.412. The maximum absolute atomic E-state index is 12.4. The number of nitrogens with one attached hydrogen (secondary N) is 1. The number of nitrogens with zero attached hydrogens (tertiary/aromatic N) is 1. The number of anilines is 1. The van der Waals surface area contributed by atoms with Crippen molar-refractivity contribution < 1.29 is 17.7 Å².